The highest BCUT2D eigenvalue weighted by Crippen LogP contribution is 2.33. The SMILES string of the molecule is C[Si](C)(C)c1ccc(-c2cccc(-c3nc(-c4ccc(-c5ccccc5)cc4)nc(-c4cccc(-c5cccc(-c6ccc(-c7ccccc7)cc6)c5)c4)n3)c2)cc1. The van der Waals surface area contributed by atoms with Gasteiger partial charge in [-0.2, -0.15) is 0 Å². The molecule has 0 N–H and O–H groups in total. The molecule has 1 aromatic heterocycles. The Morgan fingerprint density at radius 2 is 0.500 bits per heavy atom. The van der Waals surface area contributed by atoms with E-state index in [4.69, 9.17) is 15.0 Å². The number of aromatic nitrogens is 3. The summed E-state index contributed by atoms with van der Waals surface area (Å²) in [6.45, 7) is 7.14. The average molecular weight is 762 g/mol. The maximum absolute atomic E-state index is 5.16. The largest absolute Gasteiger partial charge is 0.208 e. The third-order valence-electron chi connectivity index (χ3n) is 10.7. The average Bonchev–Trinajstić information content (AvgIpc) is 3.29. The van der Waals surface area contributed by atoms with Gasteiger partial charge >= 0.3 is 0 Å². The van der Waals surface area contributed by atoms with Gasteiger partial charge in [-0.15, -0.1) is 0 Å². The molecule has 0 amide bonds. The van der Waals surface area contributed by atoms with Gasteiger partial charge in [0, 0.05) is 16.7 Å². The molecule has 1 heterocycles. The van der Waals surface area contributed by atoms with Gasteiger partial charge in [-0.25, -0.2) is 15.0 Å². The van der Waals surface area contributed by atoms with E-state index in [1.165, 1.54) is 38.6 Å². The van der Waals surface area contributed by atoms with Crippen molar-refractivity contribution in [2.24, 2.45) is 0 Å². The smallest absolute Gasteiger partial charge is 0.164 e. The van der Waals surface area contributed by atoms with Crippen LogP contribution in [0, 0.1) is 0 Å². The highest BCUT2D eigenvalue weighted by molar-refractivity contribution is 6.88. The summed E-state index contributed by atoms with van der Waals surface area (Å²) in [7, 11) is -1.41. The fraction of sp³-hybridized carbons (Fsp3) is 0.0556. The maximum atomic E-state index is 5.16. The molecule has 4 heteroatoms. The van der Waals surface area contributed by atoms with Gasteiger partial charge in [0.1, 0.15) is 0 Å². The van der Waals surface area contributed by atoms with Crippen molar-refractivity contribution in [3.05, 3.63) is 206 Å². The van der Waals surface area contributed by atoms with Crippen LogP contribution in [0.25, 0.3) is 89.8 Å². The molecular formula is C54H43N3Si. The zero-order chi connectivity index (χ0) is 39.5. The van der Waals surface area contributed by atoms with E-state index in [2.05, 4.69) is 220 Å². The molecule has 0 bridgehead atoms. The minimum absolute atomic E-state index is 0.631. The molecule has 278 valence electrons. The third-order valence-corrected chi connectivity index (χ3v) is 12.8. The Bertz CT molecular complexity index is 2830. The molecule has 0 unspecified atom stereocenters. The Kier molecular flexibility index (Phi) is 10.0. The van der Waals surface area contributed by atoms with Gasteiger partial charge < -0.3 is 0 Å². The summed E-state index contributed by atoms with van der Waals surface area (Å²) in [5, 5.41) is 1.45. The second-order valence-electron chi connectivity index (χ2n) is 15.8. The van der Waals surface area contributed by atoms with Crippen LogP contribution >= 0.6 is 0 Å². The zero-order valence-electron chi connectivity index (χ0n) is 33.0. The number of hydrogen-bond donors (Lipinski definition) is 0. The van der Waals surface area contributed by atoms with Crippen LogP contribution in [-0.2, 0) is 0 Å². The first-order valence-electron chi connectivity index (χ1n) is 19.8. The molecule has 58 heavy (non-hydrogen) atoms. The van der Waals surface area contributed by atoms with E-state index in [-0.39, 0.29) is 0 Å². The summed E-state index contributed by atoms with van der Waals surface area (Å²) in [5.41, 5.74) is 14.4. The van der Waals surface area contributed by atoms with Crippen molar-refractivity contribution in [1.82, 2.24) is 15.0 Å². The topological polar surface area (TPSA) is 38.7 Å². The molecule has 9 aromatic rings. The van der Waals surface area contributed by atoms with Gasteiger partial charge in [0.2, 0.25) is 0 Å². The molecule has 0 radical (unpaired) electrons. The quantitative estimate of drug-likeness (QED) is 0.138. The summed E-state index contributed by atoms with van der Waals surface area (Å²) in [6.07, 6.45) is 0. The van der Waals surface area contributed by atoms with E-state index in [1.54, 1.807) is 0 Å². The molecule has 0 spiro atoms. The van der Waals surface area contributed by atoms with Gasteiger partial charge in [-0.05, 0) is 73.8 Å². The lowest BCUT2D eigenvalue weighted by Gasteiger charge is -2.17. The van der Waals surface area contributed by atoms with Gasteiger partial charge in [0.15, 0.2) is 17.5 Å². The lowest BCUT2D eigenvalue weighted by atomic mass is 9.96. The molecule has 0 atom stereocenters. The lowest BCUT2D eigenvalue weighted by molar-refractivity contribution is 1.07. The molecular weight excluding hydrogens is 719 g/mol. The number of hydrogen-bond acceptors (Lipinski definition) is 3. The Balaban J connectivity index is 1.09. The predicted octanol–water partition coefficient (Wildman–Crippen LogP) is 13.8. The van der Waals surface area contributed by atoms with E-state index in [0.29, 0.717) is 17.5 Å². The molecule has 0 fully saturated rings. The minimum atomic E-state index is -1.41. The molecule has 0 aliphatic carbocycles. The number of rotatable bonds is 9. The van der Waals surface area contributed by atoms with E-state index < -0.39 is 8.07 Å². The number of nitrogens with zero attached hydrogens (tertiary/aromatic N) is 3. The van der Waals surface area contributed by atoms with Crippen LogP contribution in [0.2, 0.25) is 19.6 Å². The van der Waals surface area contributed by atoms with Crippen LogP contribution in [0.4, 0.5) is 0 Å². The van der Waals surface area contributed by atoms with E-state index in [1.807, 2.05) is 6.07 Å². The summed E-state index contributed by atoms with van der Waals surface area (Å²) < 4.78 is 0. The highest BCUT2D eigenvalue weighted by atomic mass is 28.3. The normalized spacial score (nSPS) is 11.4. The Morgan fingerprint density at radius 1 is 0.241 bits per heavy atom. The first kappa shape index (κ1) is 36.6. The second kappa shape index (κ2) is 15.9. The van der Waals surface area contributed by atoms with Crippen molar-refractivity contribution in [2.45, 2.75) is 19.6 Å². The molecule has 9 rings (SSSR count). The van der Waals surface area contributed by atoms with Crippen molar-refractivity contribution >= 4 is 13.3 Å². The monoisotopic (exact) mass is 761 g/mol. The van der Waals surface area contributed by atoms with Gasteiger partial charge in [0.25, 0.3) is 0 Å². The summed E-state index contributed by atoms with van der Waals surface area (Å²) in [6, 6.07) is 73.1. The Hall–Kier alpha value is -7.01. The second-order valence-corrected chi connectivity index (χ2v) is 20.8. The lowest BCUT2D eigenvalue weighted by Crippen LogP contribution is -2.37. The van der Waals surface area contributed by atoms with Crippen molar-refractivity contribution in [3.63, 3.8) is 0 Å². The van der Waals surface area contributed by atoms with Crippen LogP contribution in [0.15, 0.2) is 206 Å². The predicted molar refractivity (Wildman–Crippen MR) is 246 cm³/mol. The number of benzene rings is 8. The van der Waals surface area contributed by atoms with Crippen molar-refractivity contribution < 1.29 is 0 Å². The van der Waals surface area contributed by atoms with E-state index >= 15 is 0 Å². The van der Waals surface area contributed by atoms with Gasteiger partial charge in [-0.1, -0.05) is 213 Å². The van der Waals surface area contributed by atoms with Crippen molar-refractivity contribution in [3.8, 4) is 89.8 Å². The molecule has 0 saturated heterocycles. The summed E-state index contributed by atoms with van der Waals surface area (Å²) >= 11 is 0. The van der Waals surface area contributed by atoms with Gasteiger partial charge in [0.05, 0.1) is 8.07 Å². The summed E-state index contributed by atoms with van der Waals surface area (Å²) in [4.78, 5) is 15.4. The standard InChI is InChI=1S/C54H43N3Si/c1-58(2,3)51-33-31-43(32-34-51)46-18-11-21-49(36-46)53-55-52(44-29-27-41(28-30-44)39-15-8-5-9-16-39)56-54(57-53)50-22-12-20-48(37-50)47-19-10-17-45(35-47)42-25-23-40(24-26-42)38-13-6-4-7-14-38/h4-37H,1-3H3. The van der Waals surface area contributed by atoms with Crippen LogP contribution in [0.3, 0.4) is 0 Å². The first-order chi connectivity index (χ1) is 28.3. The highest BCUT2D eigenvalue weighted by Gasteiger charge is 2.17. The third kappa shape index (κ3) is 7.97. The van der Waals surface area contributed by atoms with Crippen LogP contribution in [0.5, 0.6) is 0 Å². The summed E-state index contributed by atoms with van der Waals surface area (Å²) in [5.74, 6) is 1.90. The van der Waals surface area contributed by atoms with Crippen LogP contribution in [0.1, 0.15) is 0 Å². The first-order valence-corrected chi connectivity index (χ1v) is 23.3. The van der Waals surface area contributed by atoms with Crippen molar-refractivity contribution in [2.75, 3.05) is 0 Å². The van der Waals surface area contributed by atoms with E-state index in [9.17, 15) is 0 Å². The maximum Gasteiger partial charge on any atom is 0.164 e. The molecule has 0 saturated carbocycles. The van der Waals surface area contributed by atoms with Crippen molar-refractivity contribution in [1.29, 1.82) is 0 Å². The Labute approximate surface area is 342 Å². The molecule has 0 aliphatic heterocycles. The van der Waals surface area contributed by atoms with Gasteiger partial charge in [-0.3, -0.25) is 0 Å². The zero-order valence-corrected chi connectivity index (χ0v) is 34.0. The fourth-order valence-electron chi connectivity index (χ4n) is 7.41. The van der Waals surface area contributed by atoms with E-state index in [0.717, 1.165) is 38.9 Å². The van der Waals surface area contributed by atoms with Crippen LogP contribution in [-0.4, -0.2) is 23.0 Å². The Morgan fingerprint density at radius 3 is 0.897 bits per heavy atom. The molecule has 3 nitrogen and oxygen atoms in total. The minimum Gasteiger partial charge on any atom is -0.208 e. The molecule has 8 aromatic carbocycles. The molecule has 0 aliphatic rings. The van der Waals surface area contributed by atoms with Crippen LogP contribution < -0.4 is 5.19 Å². The fourth-order valence-corrected chi connectivity index (χ4v) is 8.57.